The number of aryl methyl sites for hydroxylation is 1. The van der Waals surface area contributed by atoms with Gasteiger partial charge in [-0.3, -0.25) is 9.00 Å². The van der Waals surface area contributed by atoms with E-state index in [2.05, 4.69) is 6.92 Å². The second-order valence-electron chi connectivity index (χ2n) is 7.81. The molecule has 0 bridgehead atoms. The van der Waals surface area contributed by atoms with E-state index in [1.165, 1.54) is 11.1 Å². The van der Waals surface area contributed by atoms with Crippen LogP contribution in [-0.4, -0.2) is 21.4 Å². The maximum absolute atomic E-state index is 12.4. The van der Waals surface area contributed by atoms with E-state index in [1.54, 1.807) is 6.26 Å². The maximum Gasteiger partial charge on any atom is 0.139 e. The highest BCUT2D eigenvalue weighted by molar-refractivity contribution is 7.84. The molecule has 1 N–H and O–H groups in total. The van der Waals surface area contributed by atoms with Crippen LogP contribution in [0.15, 0.2) is 17.0 Å². The van der Waals surface area contributed by atoms with Crippen molar-refractivity contribution in [2.75, 3.05) is 6.26 Å². The maximum atomic E-state index is 12.4. The summed E-state index contributed by atoms with van der Waals surface area (Å²) in [6.07, 6.45) is 7.49. The lowest BCUT2D eigenvalue weighted by Gasteiger charge is -2.48. The van der Waals surface area contributed by atoms with Gasteiger partial charge >= 0.3 is 0 Å². The Balaban J connectivity index is 1.76. The summed E-state index contributed by atoms with van der Waals surface area (Å²) in [5.41, 5.74) is 2.39. The first-order valence-electron chi connectivity index (χ1n) is 8.64. The van der Waals surface area contributed by atoms with Crippen molar-refractivity contribution in [1.29, 1.82) is 0 Å². The van der Waals surface area contributed by atoms with Crippen LogP contribution in [0.1, 0.15) is 56.1 Å². The highest BCUT2D eigenvalue weighted by Crippen LogP contribution is 2.59. The van der Waals surface area contributed by atoms with Crippen molar-refractivity contribution in [3.05, 3.63) is 23.3 Å². The molecule has 0 spiro atoms. The van der Waals surface area contributed by atoms with Gasteiger partial charge in [-0.25, -0.2) is 0 Å². The van der Waals surface area contributed by atoms with E-state index in [0.717, 1.165) is 38.5 Å². The van der Waals surface area contributed by atoms with Gasteiger partial charge in [0.2, 0.25) is 0 Å². The van der Waals surface area contributed by atoms with Crippen molar-refractivity contribution in [1.82, 2.24) is 0 Å². The van der Waals surface area contributed by atoms with Gasteiger partial charge in [0.15, 0.2) is 0 Å². The summed E-state index contributed by atoms with van der Waals surface area (Å²) in [6, 6.07) is 3.81. The Morgan fingerprint density at radius 1 is 1.22 bits per heavy atom. The Hall–Kier alpha value is -1.16. The first kappa shape index (κ1) is 15.4. The molecule has 0 saturated heterocycles. The molecular formula is C19H24O3S. The smallest absolute Gasteiger partial charge is 0.139 e. The molecule has 1 aromatic carbocycles. The van der Waals surface area contributed by atoms with E-state index in [0.29, 0.717) is 28.4 Å². The summed E-state index contributed by atoms with van der Waals surface area (Å²) >= 11 is 0. The Labute approximate surface area is 139 Å². The molecule has 2 saturated carbocycles. The van der Waals surface area contributed by atoms with Gasteiger partial charge in [0.25, 0.3) is 0 Å². The second-order valence-corrected chi connectivity index (χ2v) is 9.15. The number of phenols is 1. The average Bonchev–Trinajstić information content (AvgIpc) is 2.81. The number of hydrogen-bond acceptors (Lipinski definition) is 3. The van der Waals surface area contributed by atoms with Crippen molar-refractivity contribution in [2.24, 2.45) is 17.3 Å². The van der Waals surface area contributed by atoms with E-state index in [-0.39, 0.29) is 11.2 Å². The number of carbonyl (C=O) groups is 1. The van der Waals surface area contributed by atoms with Gasteiger partial charge in [-0.05, 0) is 73.1 Å². The predicted molar refractivity (Wildman–Crippen MR) is 90.1 cm³/mol. The van der Waals surface area contributed by atoms with Crippen LogP contribution in [0.2, 0.25) is 0 Å². The lowest BCUT2D eigenvalue weighted by atomic mass is 9.55. The number of Topliss-reactive ketones (excluding diaryl/α,β-unsaturated/α-hetero) is 1. The summed E-state index contributed by atoms with van der Waals surface area (Å²) in [5, 5.41) is 10.1. The molecule has 1 unspecified atom stereocenters. The molecular weight excluding hydrogens is 308 g/mol. The monoisotopic (exact) mass is 332 g/mol. The highest BCUT2D eigenvalue weighted by Gasteiger charge is 2.54. The molecule has 0 aromatic heterocycles. The molecule has 0 aliphatic heterocycles. The Kier molecular flexibility index (Phi) is 3.45. The van der Waals surface area contributed by atoms with Crippen molar-refractivity contribution >= 4 is 16.6 Å². The third kappa shape index (κ3) is 2.14. The third-order valence-corrected chi connectivity index (χ3v) is 7.77. The molecule has 3 aliphatic carbocycles. The van der Waals surface area contributed by atoms with Crippen LogP contribution in [0, 0.1) is 17.3 Å². The molecule has 124 valence electrons. The Bertz CT molecular complexity index is 711. The van der Waals surface area contributed by atoms with Crippen LogP contribution in [0.3, 0.4) is 0 Å². The Morgan fingerprint density at radius 3 is 2.74 bits per heavy atom. The number of fused-ring (bicyclic) bond motifs is 5. The first-order chi connectivity index (χ1) is 10.9. The zero-order valence-corrected chi connectivity index (χ0v) is 14.6. The fourth-order valence-electron chi connectivity index (χ4n) is 5.59. The Morgan fingerprint density at radius 2 is 2.00 bits per heavy atom. The zero-order valence-electron chi connectivity index (χ0n) is 13.8. The molecule has 0 radical (unpaired) electrons. The average molecular weight is 332 g/mol. The number of carbonyl (C=O) groups excluding carboxylic acids is 1. The molecule has 3 nitrogen and oxygen atoms in total. The number of benzene rings is 1. The van der Waals surface area contributed by atoms with E-state index >= 15 is 0 Å². The third-order valence-electron chi connectivity index (χ3n) is 6.82. The zero-order chi connectivity index (χ0) is 16.4. The number of hydrogen-bond donors (Lipinski definition) is 1. The van der Waals surface area contributed by atoms with E-state index in [1.807, 2.05) is 12.1 Å². The molecule has 5 atom stereocenters. The normalized spacial score (nSPS) is 37.0. The summed E-state index contributed by atoms with van der Waals surface area (Å²) in [5.74, 6) is 2.17. The lowest BCUT2D eigenvalue weighted by Crippen LogP contribution is -2.42. The van der Waals surface area contributed by atoms with Crippen LogP contribution < -0.4 is 0 Å². The highest BCUT2D eigenvalue weighted by atomic mass is 32.2. The van der Waals surface area contributed by atoms with Crippen LogP contribution in [-0.2, 0) is 22.0 Å². The van der Waals surface area contributed by atoms with Crippen molar-refractivity contribution in [2.45, 2.75) is 56.3 Å². The van der Waals surface area contributed by atoms with E-state index in [4.69, 9.17) is 0 Å². The fraction of sp³-hybridized carbons (Fsp3) is 0.632. The van der Waals surface area contributed by atoms with Crippen LogP contribution in [0.4, 0.5) is 0 Å². The first-order valence-corrected chi connectivity index (χ1v) is 10.2. The molecule has 3 aliphatic rings. The number of ketones is 1. The largest absolute Gasteiger partial charge is 0.507 e. The van der Waals surface area contributed by atoms with Gasteiger partial charge in [-0.2, -0.15) is 0 Å². The molecule has 0 heterocycles. The van der Waals surface area contributed by atoms with Crippen molar-refractivity contribution in [3.63, 3.8) is 0 Å². The van der Waals surface area contributed by atoms with Crippen LogP contribution in [0.25, 0.3) is 0 Å². The van der Waals surface area contributed by atoms with Crippen LogP contribution >= 0.6 is 0 Å². The summed E-state index contributed by atoms with van der Waals surface area (Å²) in [6.45, 7) is 2.18. The molecule has 1 aromatic rings. The summed E-state index contributed by atoms with van der Waals surface area (Å²) in [7, 11) is -1.17. The molecule has 4 rings (SSSR count). The van der Waals surface area contributed by atoms with Gasteiger partial charge in [-0.1, -0.05) is 6.92 Å². The summed E-state index contributed by atoms with van der Waals surface area (Å²) in [4.78, 5) is 12.9. The minimum Gasteiger partial charge on any atom is -0.507 e. The number of rotatable bonds is 1. The minimum atomic E-state index is -1.17. The van der Waals surface area contributed by atoms with Crippen molar-refractivity contribution in [3.8, 4) is 5.75 Å². The molecule has 0 amide bonds. The minimum absolute atomic E-state index is 0.105. The fourth-order valence-corrected chi connectivity index (χ4v) is 6.24. The number of aromatic hydroxyl groups is 1. The van der Waals surface area contributed by atoms with E-state index in [9.17, 15) is 14.1 Å². The van der Waals surface area contributed by atoms with Gasteiger partial charge in [0.05, 0.1) is 15.7 Å². The lowest BCUT2D eigenvalue weighted by molar-refractivity contribution is -0.129. The van der Waals surface area contributed by atoms with Crippen molar-refractivity contribution < 1.29 is 14.1 Å². The van der Waals surface area contributed by atoms with Gasteiger partial charge in [0, 0.05) is 18.1 Å². The molecule has 2 fully saturated rings. The van der Waals surface area contributed by atoms with Gasteiger partial charge < -0.3 is 5.11 Å². The molecule has 4 heteroatoms. The second kappa shape index (κ2) is 5.17. The van der Waals surface area contributed by atoms with Gasteiger partial charge in [-0.15, -0.1) is 0 Å². The van der Waals surface area contributed by atoms with Crippen LogP contribution in [0.5, 0.6) is 5.75 Å². The van der Waals surface area contributed by atoms with Gasteiger partial charge in [0.1, 0.15) is 11.5 Å². The molecule has 23 heavy (non-hydrogen) atoms. The quantitative estimate of drug-likeness (QED) is 0.855. The predicted octanol–water partition coefficient (Wildman–Crippen LogP) is 3.55. The topological polar surface area (TPSA) is 54.4 Å². The SMILES string of the molecule is CS(=O)c1cc2c(cc1O)CC[C@@H]1[C@@H]2CC[C@]2(C)C(=O)CC[C@@H]12. The standard InChI is InChI=1S/C19H24O3S/c1-19-8-7-12-13(15(19)5-6-18(19)21)4-3-11-9-16(20)17(23(2)22)10-14(11)12/h9-10,12-13,15,20H,3-8H2,1-2H3/t12-,13+,15-,19-,23?/m0/s1. The summed E-state index contributed by atoms with van der Waals surface area (Å²) < 4.78 is 11.9. The number of phenolic OH excluding ortho intramolecular Hbond substituents is 1. The van der Waals surface area contributed by atoms with E-state index < -0.39 is 10.8 Å².